The number of hydrogen-bond acceptors (Lipinski definition) is 3. The van der Waals surface area contributed by atoms with Crippen molar-refractivity contribution in [3.05, 3.63) is 70.1 Å². The number of rotatable bonds is 5. The summed E-state index contributed by atoms with van der Waals surface area (Å²) in [4.78, 5) is 34.9. The number of carbonyl (C=O) groups excluding carboxylic acids is 2. The smallest absolute Gasteiger partial charge is 0.252 e. The van der Waals surface area contributed by atoms with Crippen LogP contribution < -0.4 is 16.2 Å². The van der Waals surface area contributed by atoms with Crippen LogP contribution in [0, 0.1) is 0 Å². The van der Waals surface area contributed by atoms with E-state index in [0.717, 1.165) is 0 Å². The summed E-state index contributed by atoms with van der Waals surface area (Å²) >= 11 is 0. The zero-order chi connectivity index (χ0) is 15.9. The first-order chi connectivity index (χ1) is 10.6. The van der Waals surface area contributed by atoms with Crippen molar-refractivity contribution >= 4 is 11.8 Å². The molecule has 1 heterocycles. The molecule has 2 rings (SSSR count). The molecule has 1 aromatic heterocycles. The van der Waals surface area contributed by atoms with Crippen molar-refractivity contribution in [1.29, 1.82) is 0 Å². The Morgan fingerprint density at radius 1 is 0.909 bits per heavy atom. The number of benzene rings is 1. The molecule has 6 heteroatoms. The van der Waals surface area contributed by atoms with Crippen LogP contribution in [0.2, 0.25) is 0 Å². The van der Waals surface area contributed by atoms with Crippen molar-refractivity contribution in [3.8, 4) is 0 Å². The molecule has 0 spiro atoms. The lowest BCUT2D eigenvalue weighted by atomic mass is 10.2. The summed E-state index contributed by atoms with van der Waals surface area (Å²) in [5.41, 5.74) is 0.801. The van der Waals surface area contributed by atoms with E-state index in [1.165, 1.54) is 22.9 Å². The second-order valence-corrected chi connectivity index (χ2v) is 4.74. The Kier molecular flexibility index (Phi) is 5.08. The van der Waals surface area contributed by atoms with Crippen LogP contribution in [0.3, 0.4) is 0 Å². The third-order valence-corrected chi connectivity index (χ3v) is 3.08. The molecule has 0 saturated carbocycles. The fourth-order valence-electron chi connectivity index (χ4n) is 1.87. The molecule has 0 radical (unpaired) electrons. The van der Waals surface area contributed by atoms with Gasteiger partial charge in [0.15, 0.2) is 0 Å². The lowest BCUT2D eigenvalue weighted by Gasteiger charge is -2.08. The lowest BCUT2D eigenvalue weighted by molar-refractivity contribution is 0.0927. The number of aryl methyl sites for hydroxylation is 1. The molecular weight excluding hydrogens is 282 g/mol. The summed E-state index contributed by atoms with van der Waals surface area (Å²) in [6.07, 6.45) is 1.47. The average molecular weight is 299 g/mol. The Hall–Kier alpha value is -2.89. The van der Waals surface area contributed by atoms with Crippen molar-refractivity contribution in [3.63, 3.8) is 0 Å². The largest absolute Gasteiger partial charge is 0.350 e. The van der Waals surface area contributed by atoms with Gasteiger partial charge in [0.2, 0.25) is 5.56 Å². The van der Waals surface area contributed by atoms with Gasteiger partial charge in [-0.25, -0.2) is 0 Å². The maximum absolute atomic E-state index is 11.9. The van der Waals surface area contributed by atoms with Gasteiger partial charge in [0, 0.05) is 38.0 Å². The van der Waals surface area contributed by atoms with E-state index in [2.05, 4.69) is 10.6 Å². The van der Waals surface area contributed by atoms with Gasteiger partial charge in [-0.1, -0.05) is 18.2 Å². The Labute approximate surface area is 127 Å². The van der Waals surface area contributed by atoms with Crippen LogP contribution in [0.1, 0.15) is 20.7 Å². The molecule has 6 nitrogen and oxygen atoms in total. The van der Waals surface area contributed by atoms with Gasteiger partial charge in [-0.3, -0.25) is 14.4 Å². The second-order valence-electron chi connectivity index (χ2n) is 4.74. The van der Waals surface area contributed by atoms with Crippen LogP contribution in [0.15, 0.2) is 53.5 Å². The summed E-state index contributed by atoms with van der Waals surface area (Å²) in [5.74, 6) is -0.471. The van der Waals surface area contributed by atoms with Gasteiger partial charge in [-0.05, 0) is 18.2 Å². The maximum Gasteiger partial charge on any atom is 0.252 e. The van der Waals surface area contributed by atoms with E-state index in [1.54, 1.807) is 31.3 Å². The normalized spacial score (nSPS) is 10.0. The number of hydrogen-bond donors (Lipinski definition) is 2. The molecule has 2 aromatic rings. The summed E-state index contributed by atoms with van der Waals surface area (Å²) in [5, 5.41) is 5.40. The van der Waals surface area contributed by atoms with Gasteiger partial charge in [0.25, 0.3) is 11.8 Å². The zero-order valence-corrected chi connectivity index (χ0v) is 12.2. The minimum absolute atomic E-state index is 0.174. The molecule has 0 aliphatic heterocycles. The SMILES string of the molecule is Cn1cc(C(=O)NCCNC(=O)c2ccccc2)ccc1=O. The average Bonchev–Trinajstić information content (AvgIpc) is 2.54. The van der Waals surface area contributed by atoms with E-state index in [0.29, 0.717) is 24.2 Å². The van der Waals surface area contributed by atoms with Crippen LogP contribution in [0.5, 0.6) is 0 Å². The molecule has 0 bridgehead atoms. The predicted molar refractivity (Wildman–Crippen MR) is 82.8 cm³/mol. The molecule has 0 aliphatic carbocycles. The molecule has 22 heavy (non-hydrogen) atoms. The van der Waals surface area contributed by atoms with Crippen molar-refractivity contribution < 1.29 is 9.59 Å². The van der Waals surface area contributed by atoms with Crippen LogP contribution in [-0.2, 0) is 7.05 Å². The van der Waals surface area contributed by atoms with Gasteiger partial charge in [0.05, 0.1) is 5.56 Å². The van der Waals surface area contributed by atoms with Crippen molar-refractivity contribution in [2.24, 2.45) is 7.05 Å². The fourth-order valence-corrected chi connectivity index (χ4v) is 1.87. The zero-order valence-electron chi connectivity index (χ0n) is 12.2. The molecule has 0 atom stereocenters. The van der Waals surface area contributed by atoms with Gasteiger partial charge in [-0.15, -0.1) is 0 Å². The van der Waals surface area contributed by atoms with Crippen molar-refractivity contribution in [1.82, 2.24) is 15.2 Å². The van der Waals surface area contributed by atoms with Gasteiger partial charge in [-0.2, -0.15) is 0 Å². The van der Waals surface area contributed by atoms with E-state index in [-0.39, 0.29) is 17.4 Å². The van der Waals surface area contributed by atoms with Crippen LogP contribution >= 0.6 is 0 Å². The molecule has 0 saturated heterocycles. The van der Waals surface area contributed by atoms with Gasteiger partial charge < -0.3 is 15.2 Å². The third kappa shape index (κ3) is 4.05. The highest BCUT2D eigenvalue weighted by atomic mass is 16.2. The van der Waals surface area contributed by atoms with Crippen LogP contribution in [0.4, 0.5) is 0 Å². The summed E-state index contributed by atoms with van der Waals surface area (Å²) in [6, 6.07) is 11.7. The molecule has 2 amide bonds. The quantitative estimate of drug-likeness (QED) is 0.791. The van der Waals surface area contributed by atoms with Crippen LogP contribution in [0.25, 0.3) is 0 Å². The Bertz CT molecular complexity index is 723. The van der Waals surface area contributed by atoms with Crippen molar-refractivity contribution in [2.45, 2.75) is 0 Å². The highest BCUT2D eigenvalue weighted by Gasteiger charge is 2.07. The number of nitrogens with one attached hydrogen (secondary N) is 2. The maximum atomic E-state index is 11.9. The van der Waals surface area contributed by atoms with E-state index in [9.17, 15) is 14.4 Å². The molecular formula is C16H17N3O3. The molecule has 114 valence electrons. The fraction of sp³-hybridized carbons (Fsp3) is 0.188. The van der Waals surface area contributed by atoms with Gasteiger partial charge in [0.1, 0.15) is 0 Å². The standard InChI is InChI=1S/C16H17N3O3/c1-19-11-13(7-8-14(19)20)16(22)18-10-9-17-15(21)12-5-3-2-4-6-12/h2-8,11H,9-10H2,1H3,(H,17,21)(H,18,22). The molecule has 0 fully saturated rings. The second kappa shape index (κ2) is 7.21. The minimum atomic E-state index is -0.287. The lowest BCUT2D eigenvalue weighted by Crippen LogP contribution is -2.35. The van der Waals surface area contributed by atoms with E-state index in [1.807, 2.05) is 6.07 Å². The monoisotopic (exact) mass is 299 g/mol. The summed E-state index contributed by atoms with van der Waals surface area (Å²) < 4.78 is 1.34. The first-order valence-electron chi connectivity index (χ1n) is 6.86. The van der Waals surface area contributed by atoms with Gasteiger partial charge >= 0.3 is 0 Å². The first kappa shape index (κ1) is 15.5. The Morgan fingerprint density at radius 2 is 1.50 bits per heavy atom. The summed E-state index contributed by atoms with van der Waals surface area (Å²) in [7, 11) is 1.58. The Balaban J connectivity index is 1.79. The van der Waals surface area contributed by atoms with Crippen LogP contribution in [-0.4, -0.2) is 29.5 Å². The molecule has 2 N–H and O–H groups in total. The number of aromatic nitrogens is 1. The first-order valence-corrected chi connectivity index (χ1v) is 6.86. The predicted octanol–water partition coefficient (Wildman–Crippen LogP) is 0.545. The number of amides is 2. The van der Waals surface area contributed by atoms with E-state index in [4.69, 9.17) is 0 Å². The molecule has 0 unspecified atom stereocenters. The highest BCUT2D eigenvalue weighted by Crippen LogP contribution is 1.97. The third-order valence-electron chi connectivity index (χ3n) is 3.08. The highest BCUT2D eigenvalue weighted by molar-refractivity contribution is 5.95. The van der Waals surface area contributed by atoms with E-state index >= 15 is 0 Å². The summed E-state index contributed by atoms with van der Waals surface area (Å²) in [6.45, 7) is 0.630. The number of pyridine rings is 1. The van der Waals surface area contributed by atoms with E-state index < -0.39 is 0 Å². The Morgan fingerprint density at radius 3 is 2.09 bits per heavy atom. The topological polar surface area (TPSA) is 80.2 Å². The molecule has 1 aromatic carbocycles. The molecule has 0 aliphatic rings. The minimum Gasteiger partial charge on any atom is -0.350 e. The number of carbonyl (C=O) groups is 2. The number of nitrogens with zero attached hydrogens (tertiary/aromatic N) is 1. The van der Waals surface area contributed by atoms with Crippen molar-refractivity contribution in [2.75, 3.05) is 13.1 Å².